The van der Waals surface area contributed by atoms with Gasteiger partial charge in [0.15, 0.2) is 0 Å². The fraction of sp³-hybridized carbons (Fsp3) is 0.400. The molecule has 3 fully saturated rings. The number of hydrogen-bond acceptors (Lipinski definition) is 4. The van der Waals surface area contributed by atoms with Gasteiger partial charge in [0.25, 0.3) is 0 Å². The van der Waals surface area contributed by atoms with Crippen molar-refractivity contribution in [1.29, 1.82) is 0 Å². The molecule has 4 atom stereocenters. The zero-order valence-corrected chi connectivity index (χ0v) is 19.0. The van der Waals surface area contributed by atoms with E-state index in [0.29, 0.717) is 22.8 Å². The second kappa shape index (κ2) is 6.42. The van der Waals surface area contributed by atoms with E-state index in [2.05, 4.69) is 10.2 Å². The van der Waals surface area contributed by atoms with Gasteiger partial charge in [-0.3, -0.25) is 19.3 Å². The summed E-state index contributed by atoms with van der Waals surface area (Å²) >= 11 is 6.32. The van der Waals surface area contributed by atoms with Crippen LogP contribution < -0.4 is 10.2 Å². The van der Waals surface area contributed by atoms with E-state index in [9.17, 15) is 14.4 Å². The number of imide groups is 1. The molecule has 0 aromatic heterocycles. The number of nitrogens with one attached hydrogen (secondary N) is 1. The Morgan fingerprint density at radius 3 is 2.59 bits per heavy atom. The number of fused-ring (bicyclic) bond motifs is 7. The number of hydrogen-bond donors (Lipinski definition) is 1. The highest BCUT2D eigenvalue weighted by Gasteiger charge is 2.74. The summed E-state index contributed by atoms with van der Waals surface area (Å²) in [4.78, 5) is 45.0. The molecule has 32 heavy (non-hydrogen) atoms. The van der Waals surface area contributed by atoms with Crippen molar-refractivity contribution in [1.82, 2.24) is 4.90 Å². The van der Waals surface area contributed by atoms with Crippen molar-refractivity contribution in [3.05, 3.63) is 57.6 Å². The maximum atomic E-state index is 14.0. The average Bonchev–Trinajstić information content (AvgIpc) is 3.46. The molecule has 4 aliphatic heterocycles. The lowest BCUT2D eigenvalue weighted by atomic mass is 9.75. The zero-order chi connectivity index (χ0) is 22.5. The van der Waals surface area contributed by atoms with Crippen molar-refractivity contribution in [2.75, 3.05) is 16.8 Å². The van der Waals surface area contributed by atoms with Gasteiger partial charge in [-0.1, -0.05) is 29.8 Å². The molecule has 6 nitrogen and oxygen atoms in total. The molecular formula is C25H24ClN3O3. The van der Waals surface area contributed by atoms with Crippen LogP contribution in [-0.2, 0) is 19.9 Å². The smallest absolute Gasteiger partial charge is 0.250 e. The van der Waals surface area contributed by atoms with Crippen molar-refractivity contribution >= 4 is 40.7 Å². The second-order valence-electron chi connectivity index (χ2n) is 9.45. The molecule has 2 aromatic carbocycles. The first-order valence-corrected chi connectivity index (χ1v) is 11.5. The molecule has 0 bridgehead atoms. The van der Waals surface area contributed by atoms with Crippen LogP contribution in [0.3, 0.4) is 0 Å². The molecule has 3 amide bonds. The number of carbonyl (C=O) groups excluding carboxylic acids is 3. The van der Waals surface area contributed by atoms with E-state index < -0.39 is 17.4 Å². The highest BCUT2D eigenvalue weighted by Crippen LogP contribution is 2.61. The molecule has 1 N–H and O–H groups in total. The predicted molar refractivity (Wildman–Crippen MR) is 122 cm³/mol. The fourth-order valence-corrected chi connectivity index (χ4v) is 6.77. The number of benzene rings is 2. The Balaban J connectivity index is 1.58. The normalized spacial score (nSPS) is 30.8. The van der Waals surface area contributed by atoms with Gasteiger partial charge in [-0.05, 0) is 69.0 Å². The first-order chi connectivity index (χ1) is 15.3. The fourth-order valence-electron chi connectivity index (χ4n) is 6.60. The first-order valence-electron chi connectivity index (χ1n) is 11.1. The Bertz CT molecular complexity index is 1240. The van der Waals surface area contributed by atoms with Gasteiger partial charge < -0.3 is 5.32 Å². The number of carbonyl (C=O) groups is 3. The van der Waals surface area contributed by atoms with Crippen LogP contribution in [0.15, 0.2) is 30.3 Å². The average molecular weight is 450 g/mol. The summed E-state index contributed by atoms with van der Waals surface area (Å²) in [7, 11) is 0. The van der Waals surface area contributed by atoms with E-state index in [1.165, 1.54) is 4.90 Å². The Kier molecular flexibility index (Phi) is 4.00. The third-order valence-corrected chi connectivity index (χ3v) is 8.59. The highest BCUT2D eigenvalue weighted by atomic mass is 35.5. The van der Waals surface area contributed by atoms with Gasteiger partial charge in [-0.2, -0.15) is 0 Å². The van der Waals surface area contributed by atoms with Crippen LogP contribution in [-0.4, -0.2) is 35.2 Å². The molecule has 4 heterocycles. The molecule has 0 radical (unpaired) electrons. The van der Waals surface area contributed by atoms with Crippen molar-refractivity contribution in [3.63, 3.8) is 0 Å². The topological polar surface area (TPSA) is 69.7 Å². The molecule has 164 valence electrons. The summed E-state index contributed by atoms with van der Waals surface area (Å²) < 4.78 is 0. The van der Waals surface area contributed by atoms with Crippen molar-refractivity contribution in [2.24, 2.45) is 11.8 Å². The minimum Gasteiger partial charge on any atom is -0.324 e. The Morgan fingerprint density at radius 1 is 1.03 bits per heavy atom. The largest absolute Gasteiger partial charge is 0.324 e. The van der Waals surface area contributed by atoms with Crippen LogP contribution in [0.25, 0.3) is 0 Å². The van der Waals surface area contributed by atoms with Crippen LogP contribution in [0.5, 0.6) is 0 Å². The molecule has 1 spiro atoms. The number of anilines is 2. The first kappa shape index (κ1) is 19.9. The van der Waals surface area contributed by atoms with Gasteiger partial charge in [-0.25, -0.2) is 4.90 Å². The van der Waals surface area contributed by atoms with Gasteiger partial charge in [0.1, 0.15) is 5.54 Å². The van der Waals surface area contributed by atoms with Gasteiger partial charge in [0.2, 0.25) is 17.7 Å². The van der Waals surface area contributed by atoms with Gasteiger partial charge >= 0.3 is 0 Å². The molecule has 4 aliphatic rings. The number of amides is 3. The van der Waals surface area contributed by atoms with Crippen LogP contribution in [0, 0.1) is 32.6 Å². The van der Waals surface area contributed by atoms with Crippen LogP contribution in [0.1, 0.15) is 35.1 Å². The molecule has 0 aliphatic carbocycles. The van der Waals surface area contributed by atoms with Gasteiger partial charge in [-0.15, -0.1) is 0 Å². The lowest BCUT2D eigenvalue weighted by Gasteiger charge is -2.37. The standard InChI is InChI=1S/C25H24ClN3O3/c1-12-9-10-15-21(13(12)2)27-24(32)25(15)20-19(18-8-5-11-28(18)25)22(30)29(23(20)31)17-7-4-6-16(26)14(17)3/h4,6-7,9-10,18-20H,5,8,11H2,1-3H3,(H,27,32)/t18-,19-,20+,25+/m1/s1. The molecule has 2 aromatic rings. The highest BCUT2D eigenvalue weighted by molar-refractivity contribution is 6.32. The molecule has 3 saturated heterocycles. The number of halogens is 1. The van der Waals surface area contributed by atoms with E-state index >= 15 is 0 Å². The Labute approximate surface area is 191 Å². The summed E-state index contributed by atoms with van der Waals surface area (Å²) in [5.74, 6) is -2.00. The van der Waals surface area contributed by atoms with E-state index in [1.54, 1.807) is 18.2 Å². The minimum atomic E-state index is -1.15. The lowest BCUT2D eigenvalue weighted by molar-refractivity contribution is -0.135. The Morgan fingerprint density at radius 2 is 1.81 bits per heavy atom. The summed E-state index contributed by atoms with van der Waals surface area (Å²) in [6.45, 7) is 6.52. The summed E-state index contributed by atoms with van der Waals surface area (Å²) in [5.41, 5.74) is 3.77. The van der Waals surface area contributed by atoms with Gasteiger partial charge in [0, 0.05) is 22.3 Å². The summed E-state index contributed by atoms with van der Waals surface area (Å²) in [6.07, 6.45) is 1.71. The lowest BCUT2D eigenvalue weighted by Crippen LogP contribution is -2.54. The van der Waals surface area contributed by atoms with Crippen molar-refractivity contribution < 1.29 is 14.4 Å². The molecular weight excluding hydrogens is 426 g/mol. The predicted octanol–water partition coefficient (Wildman–Crippen LogP) is 3.70. The van der Waals surface area contributed by atoms with Crippen LogP contribution in [0.4, 0.5) is 11.4 Å². The van der Waals surface area contributed by atoms with Crippen molar-refractivity contribution in [2.45, 2.75) is 45.2 Å². The van der Waals surface area contributed by atoms with E-state index in [0.717, 1.165) is 35.2 Å². The molecule has 0 saturated carbocycles. The number of nitrogens with zero attached hydrogens (tertiary/aromatic N) is 2. The van der Waals surface area contributed by atoms with Crippen LogP contribution in [0.2, 0.25) is 5.02 Å². The third-order valence-electron chi connectivity index (χ3n) is 8.18. The Hall–Kier alpha value is -2.70. The molecule has 0 unspecified atom stereocenters. The number of rotatable bonds is 1. The number of aryl methyl sites for hydroxylation is 1. The minimum absolute atomic E-state index is 0.126. The maximum absolute atomic E-state index is 14.0. The summed E-state index contributed by atoms with van der Waals surface area (Å²) in [5, 5.41) is 3.60. The van der Waals surface area contributed by atoms with E-state index in [4.69, 9.17) is 11.6 Å². The zero-order valence-electron chi connectivity index (χ0n) is 18.2. The summed E-state index contributed by atoms with van der Waals surface area (Å²) in [6, 6.07) is 9.11. The third kappa shape index (κ3) is 2.12. The monoisotopic (exact) mass is 449 g/mol. The van der Waals surface area contributed by atoms with Crippen LogP contribution >= 0.6 is 11.6 Å². The molecule has 7 heteroatoms. The van der Waals surface area contributed by atoms with E-state index in [1.807, 2.05) is 32.9 Å². The van der Waals surface area contributed by atoms with Crippen molar-refractivity contribution in [3.8, 4) is 0 Å². The van der Waals surface area contributed by atoms with Gasteiger partial charge in [0.05, 0.1) is 17.5 Å². The quantitative estimate of drug-likeness (QED) is 0.674. The van der Waals surface area contributed by atoms with E-state index in [-0.39, 0.29) is 23.8 Å². The molecule has 6 rings (SSSR count). The SMILES string of the molecule is Cc1ccc2c(c1C)NC(=O)[C@@]21[C@@H]2C(=O)N(c3cccc(Cl)c3C)C(=O)[C@@H]2[C@H]2CCCN21. The second-order valence-corrected chi connectivity index (χ2v) is 9.86. The maximum Gasteiger partial charge on any atom is 0.250 e.